The largest absolute Gasteiger partial charge is 0.394 e. The Hall–Kier alpha value is -0.800. The Morgan fingerprint density at radius 3 is 2.00 bits per heavy atom. The van der Waals surface area contributed by atoms with Crippen LogP contribution in [0.5, 0.6) is 0 Å². The molecule has 5 N–H and O–H groups in total. The Morgan fingerprint density at radius 1 is 1.13 bits per heavy atom. The molecule has 0 saturated carbocycles. The van der Waals surface area contributed by atoms with Crippen LogP contribution in [0, 0.1) is 4.91 Å². The fourth-order valence-corrected chi connectivity index (χ4v) is 0.975. The molecule has 0 aliphatic heterocycles. The van der Waals surface area contributed by atoms with Gasteiger partial charge in [-0.2, -0.15) is 0 Å². The molecule has 0 radical (unpaired) electrons. The molecule has 0 rings (SSSR count). The minimum Gasteiger partial charge on any atom is -0.394 e. The van der Waals surface area contributed by atoms with Gasteiger partial charge in [0.25, 0.3) is 0 Å². The molecule has 0 unspecified atom stereocenters. The van der Waals surface area contributed by atoms with Gasteiger partial charge >= 0.3 is 0 Å². The Kier molecular flexibility index (Phi) is 6.29. The predicted molar refractivity (Wildman–Crippen MR) is 49.5 cm³/mol. The highest BCUT2D eigenvalue weighted by Gasteiger charge is 2.30. The molecule has 8 heteroatoms. The van der Waals surface area contributed by atoms with Crippen molar-refractivity contribution in [2.75, 3.05) is 20.2 Å². The lowest BCUT2D eigenvalue weighted by Gasteiger charge is -2.26. The van der Waals surface area contributed by atoms with Crippen molar-refractivity contribution in [1.82, 2.24) is 5.01 Å². The van der Waals surface area contributed by atoms with Gasteiger partial charge < -0.3 is 25.5 Å². The van der Waals surface area contributed by atoms with Crippen molar-refractivity contribution in [3.8, 4) is 0 Å². The van der Waals surface area contributed by atoms with Crippen molar-refractivity contribution in [2.24, 2.45) is 5.29 Å². The SMILES string of the molecule is CN(C[C@H](O)[C@@H](O)[C@H](O)[C@H](O)CO)[15N]=O. The van der Waals surface area contributed by atoms with Crippen molar-refractivity contribution in [3.05, 3.63) is 4.91 Å². The first kappa shape index (κ1) is 14.2. The molecule has 15 heavy (non-hydrogen) atoms. The standard InChI is InChI=1S/C7H16N2O6/c1-9(8-15)2-4(11)6(13)7(14)5(12)3-10/h4-7,10-14H,2-3H2,1H3/t4-,5+,6+,7+/m0/s1/i8+1. The van der Waals surface area contributed by atoms with Crippen LogP contribution in [0.25, 0.3) is 0 Å². The van der Waals surface area contributed by atoms with E-state index in [2.05, 4.69) is 5.29 Å². The van der Waals surface area contributed by atoms with Crippen LogP contribution < -0.4 is 0 Å². The highest BCUT2D eigenvalue weighted by atomic mass is 16.5. The van der Waals surface area contributed by atoms with Gasteiger partial charge in [0.15, 0.2) is 0 Å². The van der Waals surface area contributed by atoms with Gasteiger partial charge in [-0.15, -0.1) is 4.91 Å². The van der Waals surface area contributed by atoms with E-state index in [1.165, 1.54) is 7.05 Å². The maximum Gasteiger partial charge on any atom is 0.111 e. The molecule has 0 fully saturated rings. The first-order chi connectivity index (χ1) is 6.93. The highest BCUT2D eigenvalue weighted by molar-refractivity contribution is 4.81. The van der Waals surface area contributed by atoms with Crippen LogP contribution in [0.3, 0.4) is 0 Å². The third-order valence-corrected chi connectivity index (χ3v) is 1.92. The first-order valence-corrected chi connectivity index (χ1v) is 4.31. The Morgan fingerprint density at radius 2 is 1.60 bits per heavy atom. The molecule has 90 valence electrons. The average molecular weight is 225 g/mol. The smallest absolute Gasteiger partial charge is 0.111 e. The summed E-state index contributed by atoms with van der Waals surface area (Å²) >= 11 is 0. The maximum absolute atomic E-state index is 9.95. The zero-order valence-electron chi connectivity index (χ0n) is 8.26. The van der Waals surface area contributed by atoms with Crippen LogP contribution in [-0.4, -0.2) is 75.2 Å². The van der Waals surface area contributed by atoms with Crippen molar-refractivity contribution in [2.45, 2.75) is 24.4 Å². The van der Waals surface area contributed by atoms with Gasteiger partial charge in [-0.1, -0.05) is 0 Å². The fourth-order valence-electron chi connectivity index (χ4n) is 0.975. The number of aliphatic hydroxyl groups excluding tert-OH is 5. The Labute approximate surface area is 86.3 Å². The average Bonchev–Trinajstić information content (AvgIpc) is 2.25. The van der Waals surface area contributed by atoms with Gasteiger partial charge in [-0.25, -0.2) is 0 Å². The first-order valence-electron chi connectivity index (χ1n) is 4.31. The summed E-state index contributed by atoms with van der Waals surface area (Å²) in [5.74, 6) is 0. The van der Waals surface area contributed by atoms with Gasteiger partial charge in [-0.3, -0.25) is 5.01 Å². The van der Waals surface area contributed by atoms with Gasteiger partial charge in [0, 0.05) is 7.05 Å². The van der Waals surface area contributed by atoms with Crippen molar-refractivity contribution < 1.29 is 25.5 Å². The molecule has 0 aromatic heterocycles. The monoisotopic (exact) mass is 225 g/mol. The maximum atomic E-state index is 9.95. The molecular formula is C7H16N2O6. The second kappa shape index (κ2) is 6.64. The van der Waals surface area contributed by atoms with E-state index in [-0.39, 0.29) is 6.54 Å². The number of hydrogen-bond donors (Lipinski definition) is 5. The molecule has 8 nitrogen and oxygen atoms in total. The van der Waals surface area contributed by atoms with Gasteiger partial charge in [0.1, 0.15) is 24.4 Å². The van der Waals surface area contributed by atoms with Gasteiger partial charge in [-0.05, 0) is 0 Å². The molecule has 0 aromatic carbocycles. The molecule has 0 spiro atoms. The van der Waals surface area contributed by atoms with E-state index >= 15 is 0 Å². The third-order valence-electron chi connectivity index (χ3n) is 1.92. The number of rotatable bonds is 7. The van der Waals surface area contributed by atoms with Crippen LogP contribution >= 0.6 is 0 Å². The van der Waals surface area contributed by atoms with Crippen LogP contribution in [-0.2, 0) is 0 Å². The highest BCUT2D eigenvalue weighted by Crippen LogP contribution is 2.06. The van der Waals surface area contributed by atoms with Crippen molar-refractivity contribution >= 4 is 0 Å². The Bertz CT molecular complexity index is 192. The second-order valence-corrected chi connectivity index (χ2v) is 3.22. The van der Waals surface area contributed by atoms with E-state index in [4.69, 9.17) is 10.2 Å². The number of nitroso groups, excluding NO2 is 1. The van der Waals surface area contributed by atoms with E-state index < -0.39 is 31.0 Å². The summed E-state index contributed by atoms with van der Waals surface area (Å²) in [5, 5.41) is 48.5. The third kappa shape index (κ3) is 4.49. The van der Waals surface area contributed by atoms with E-state index in [1.807, 2.05) is 0 Å². The predicted octanol–water partition coefficient (Wildman–Crippen LogP) is -2.96. The normalized spacial score (nSPS) is 19.1. The zero-order valence-corrected chi connectivity index (χ0v) is 8.26. The minimum absolute atomic E-state index is 0.292. The summed E-state index contributed by atoms with van der Waals surface area (Å²) in [6, 6.07) is 0. The molecule has 0 amide bonds. The van der Waals surface area contributed by atoms with Crippen LogP contribution in [0.15, 0.2) is 5.29 Å². The number of nitrogens with zero attached hydrogens (tertiary/aromatic N) is 2. The zero-order chi connectivity index (χ0) is 12.0. The molecule has 0 saturated heterocycles. The van der Waals surface area contributed by atoms with E-state index in [0.717, 1.165) is 5.01 Å². The molecule has 0 aliphatic carbocycles. The van der Waals surface area contributed by atoms with Crippen LogP contribution in [0.4, 0.5) is 0 Å². The lowest BCUT2D eigenvalue weighted by molar-refractivity contribution is -0.118. The minimum atomic E-state index is -1.69. The molecule has 0 aromatic rings. The topological polar surface area (TPSA) is 134 Å². The van der Waals surface area contributed by atoms with Crippen molar-refractivity contribution in [1.29, 1.82) is 0 Å². The van der Waals surface area contributed by atoms with Crippen LogP contribution in [0.2, 0.25) is 0 Å². The molecule has 0 heterocycles. The summed E-state index contributed by atoms with van der Waals surface area (Å²) in [4.78, 5) is 9.95. The second-order valence-electron chi connectivity index (χ2n) is 3.22. The lowest BCUT2D eigenvalue weighted by atomic mass is 10.0. The van der Waals surface area contributed by atoms with Crippen molar-refractivity contribution in [3.63, 3.8) is 0 Å². The lowest BCUT2D eigenvalue weighted by Crippen LogP contribution is -2.48. The van der Waals surface area contributed by atoms with Crippen LogP contribution in [0.1, 0.15) is 0 Å². The summed E-state index contributed by atoms with van der Waals surface area (Å²) in [6.07, 6.45) is -6.37. The number of hydrogen-bond acceptors (Lipinski definition) is 7. The molecule has 4 atom stereocenters. The summed E-state index contributed by atoms with van der Waals surface area (Å²) in [6.45, 7) is -1.04. The summed E-state index contributed by atoms with van der Waals surface area (Å²) in [7, 11) is 1.28. The fraction of sp³-hybridized carbons (Fsp3) is 1.00. The van der Waals surface area contributed by atoms with Gasteiger partial charge in [0.05, 0.1) is 18.4 Å². The Balaban J connectivity index is 4.17. The summed E-state index contributed by atoms with van der Waals surface area (Å²) < 4.78 is 0. The molecule has 0 aliphatic rings. The summed E-state index contributed by atoms with van der Waals surface area (Å²) in [5.41, 5.74) is 0. The molecule has 0 bridgehead atoms. The van der Waals surface area contributed by atoms with Gasteiger partial charge in [0.2, 0.25) is 0 Å². The quantitative estimate of drug-likeness (QED) is 0.177. The number of likely N-dealkylation sites (N-methyl/N-ethyl adjacent to an activating group) is 1. The van der Waals surface area contributed by atoms with E-state index in [9.17, 15) is 20.2 Å². The molecular weight excluding hydrogens is 209 g/mol. The van der Waals surface area contributed by atoms with E-state index in [0.29, 0.717) is 0 Å². The number of aliphatic hydroxyl groups is 5. The van der Waals surface area contributed by atoms with E-state index in [1.54, 1.807) is 0 Å².